The summed E-state index contributed by atoms with van der Waals surface area (Å²) in [5.74, 6) is 0.647. The number of piperidine rings is 1. The van der Waals surface area contributed by atoms with E-state index in [9.17, 15) is 20.4 Å². The lowest BCUT2D eigenvalue weighted by atomic mass is 10.0. The molecule has 3 aromatic rings. The quantitative estimate of drug-likeness (QED) is 0.285. The molecule has 0 bridgehead atoms. The number of nitriles is 2. The number of β-amino-alcohol motifs (C(OH)–C–C–N with tert-alkyl or cyclic N) is 1. The number of aromatic nitrogens is 4. The molecular weight excluding hydrogens is 590 g/mol. The second-order valence-electron chi connectivity index (χ2n) is 11.5. The average Bonchev–Trinajstić information content (AvgIpc) is 3.68. The first-order chi connectivity index (χ1) is 21.4. The first-order valence-electron chi connectivity index (χ1n) is 14.5. The minimum absolute atomic E-state index is 0.162. The fourth-order valence-electron chi connectivity index (χ4n) is 5.58. The number of hydrogen-bond donors (Lipinski definition) is 4. The molecule has 44 heavy (non-hydrogen) atoms. The Labute approximate surface area is 257 Å². The average molecular weight is 620 g/mol. The minimum Gasteiger partial charge on any atom is -0.444 e. The zero-order chi connectivity index (χ0) is 30.4. The summed E-state index contributed by atoms with van der Waals surface area (Å²) in [6.07, 6.45) is 2.29. The van der Waals surface area contributed by atoms with Crippen LogP contribution in [0.1, 0.15) is 30.5 Å². The van der Waals surface area contributed by atoms with Crippen molar-refractivity contribution >= 4 is 46.5 Å². The summed E-state index contributed by atoms with van der Waals surface area (Å²) < 4.78 is 12.1. The summed E-state index contributed by atoms with van der Waals surface area (Å²) >= 11 is 6.87. The summed E-state index contributed by atoms with van der Waals surface area (Å²) in [4.78, 5) is 25.5. The summed E-state index contributed by atoms with van der Waals surface area (Å²) in [7, 11) is 0. The van der Waals surface area contributed by atoms with E-state index in [4.69, 9.17) is 21.1 Å². The number of carbonyl (C=O) groups is 1. The Kier molecular flexibility index (Phi) is 7.47. The number of alkyl carbamates (subject to hydrolysis) is 1. The van der Waals surface area contributed by atoms with Gasteiger partial charge in [0.05, 0.1) is 65.6 Å². The van der Waals surface area contributed by atoms with Crippen molar-refractivity contribution in [3.63, 3.8) is 0 Å². The van der Waals surface area contributed by atoms with Crippen LogP contribution in [-0.2, 0) is 9.47 Å². The Morgan fingerprint density at radius 1 is 1.16 bits per heavy atom. The lowest BCUT2D eigenvalue weighted by Crippen LogP contribution is -2.63. The number of hydrogen-bond acceptors (Lipinski definition) is 13. The zero-order valence-electron chi connectivity index (χ0n) is 23.6. The molecule has 1 amide bonds. The molecule has 0 spiro atoms. The van der Waals surface area contributed by atoms with E-state index in [0.717, 1.165) is 26.1 Å². The molecule has 0 unspecified atom stereocenters. The van der Waals surface area contributed by atoms with Gasteiger partial charge in [-0.25, -0.2) is 9.78 Å². The number of anilines is 4. The lowest BCUT2D eigenvalue weighted by Gasteiger charge is -2.46. The van der Waals surface area contributed by atoms with Crippen molar-refractivity contribution in [1.29, 1.82) is 10.5 Å². The van der Waals surface area contributed by atoms with Crippen molar-refractivity contribution in [2.75, 3.05) is 54.9 Å². The number of aliphatic hydroxyl groups is 1. The zero-order valence-corrected chi connectivity index (χ0v) is 24.4. The maximum Gasteiger partial charge on any atom is 0.407 e. The maximum atomic E-state index is 12.5. The van der Waals surface area contributed by atoms with Crippen LogP contribution in [0.3, 0.4) is 0 Å². The van der Waals surface area contributed by atoms with Gasteiger partial charge in [-0.15, -0.1) is 5.10 Å². The molecule has 228 valence electrons. The van der Waals surface area contributed by atoms with Crippen LogP contribution in [-0.4, -0.2) is 105 Å². The van der Waals surface area contributed by atoms with Gasteiger partial charge >= 0.3 is 6.09 Å². The standard InChI is InChI=1S/C28H30ClN11O4/c29-24-21(34-27-36-25(33-16-1-2-16)26-32-9-17(8-31)40(26)37-27)5-15(7-30)6-22(24)38-4-3-20(23(41)12-38)35-28(42)44-19-10-39(11-19)18-13-43-14-18/h5-6,9,16,18-20,23,41H,1-4,10-14H2,(H,35,42)(H2,33,34,36,37)/t20-,23+/m1/s1. The molecule has 0 radical (unpaired) electrons. The van der Waals surface area contributed by atoms with Gasteiger partial charge in [0.25, 0.3) is 0 Å². The van der Waals surface area contributed by atoms with Gasteiger partial charge < -0.3 is 35.4 Å². The van der Waals surface area contributed by atoms with Crippen LogP contribution in [0.5, 0.6) is 0 Å². The van der Waals surface area contributed by atoms with Crippen LogP contribution in [0.25, 0.3) is 5.65 Å². The van der Waals surface area contributed by atoms with E-state index >= 15 is 0 Å². The Morgan fingerprint density at radius 2 is 1.98 bits per heavy atom. The van der Waals surface area contributed by atoms with E-state index < -0.39 is 18.2 Å². The van der Waals surface area contributed by atoms with Crippen molar-refractivity contribution in [1.82, 2.24) is 29.8 Å². The Bertz CT molecular complexity index is 1670. The van der Waals surface area contributed by atoms with E-state index in [1.165, 1.54) is 10.7 Å². The Morgan fingerprint density at radius 3 is 2.66 bits per heavy atom. The van der Waals surface area contributed by atoms with Gasteiger partial charge in [0.15, 0.2) is 17.2 Å². The molecule has 1 aromatic carbocycles. The molecule has 3 saturated heterocycles. The number of carbonyl (C=O) groups excluding carboxylic acids is 1. The van der Waals surface area contributed by atoms with Crippen LogP contribution >= 0.6 is 11.6 Å². The third-order valence-electron chi connectivity index (χ3n) is 8.34. The van der Waals surface area contributed by atoms with E-state index in [2.05, 4.69) is 48.1 Å². The highest BCUT2D eigenvalue weighted by Gasteiger charge is 2.39. The molecule has 2 aromatic heterocycles. The predicted molar refractivity (Wildman–Crippen MR) is 158 cm³/mol. The number of fused-ring (bicyclic) bond motifs is 1. The number of benzene rings is 1. The number of nitrogens with one attached hydrogen (secondary N) is 3. The Balaban J connectivity index is 1.04. The highest BCUT2D eigenvalue weighted by atomic mass is 35.5. The van der Waals surface area contributed by atoms with Gasteiger partial charge in [0.2, 0.25) is 5.95 Å². The van der Waals surface area contributed by atoms with E-state index in [-0.39, 0.29) is 30.3 Å². The number of amides is 1. The number of aliphatic hydroxyl groups excluding tert-OH is 1. The molecule has 5 heterocycles. The van der Waals surface area contributed by atoms with Crippen LogP contribution in [0.15, 0.2) is 18.3 Å². The monoisotopic (exact) mass is 619 g/mol. The number of rotatable bonds is 8. The third kappa shape index (κ3) is 5.62. The van der Waals surface area contributed by atoms with Crippen LogP contribution in [0.4, 0.5) is 27.9 Å². The van der Waals surface area contributed by atoms with Gasteiger partial charge in [0, 0.05) is 32.2 Å². The molecule has 1 saturated carbocycles. The highest BCUT2D eigenvalue weighted by Crippen LogP contribution is 2.37. The van der Waals surface area contributed by atoms with Crippen molar-refractivity contribution < 1.29 is 19.4 Å². The molecule has 15 nitrogen and oxygen atoms in total. The minimum atomic E-state index is -0.896. The van der Waals surface area contributed by atoms with Crippen LogP contribution in [0.2, 0.25) is 5.02 Å². The van der Waals surface area contributed by atoms with Gasteiger partial charge in [-0.3, -0.25) is 4.90 Å². The van der Waals surface area contributed by atoms with Gasteiger partial charge in [-0.2, -0.15) is 20.0 Å². The summed E-state index contributed by atoms with van der Waals surface area (Å²) in [5.41, 5.74) is 1.95. The fraction of sp³-hybridized carbons (Fsp3) is 0.500. The molecular formula is C28H30ClN11O4. The van der Waals surface area contributed by atoms with Gasteiger partial charge in [-0.05, 0) is 31.4 Å². The normalized spacial score (nSPS) is 22.4. The van der Waals surface area contributed by atoms with Gasteiger partial charge in [-0.1, -0.05) is 11.6 Å². The number of ether oxygens (including phenoxy) is 2. The number of nitrogens with zero attached hydrogens (tertiary/aromatic N) is 8. The fourth-order valence-corrected chi connectivity index (χ4v) is 5.85. The van der Waals surface area contributed by atoms with E-state index in [0.29, 0.717) is 65.5 Å². The maximum absolute atomic E-state index is 12.5. The van der Waals surface area contributed by atoms with Crippen LogP contribution in [0, 0.1) is 22.7 Å². The lowest BCUT2D eigenvalue weighted by molar-refractivity contribution is -0.122. The van der Waals surface area contributed by atoms with Crippen molar-refractivity contribution in [2.24, 2.45) is 0 Å². The summed E-state index contributed by atoms with van der Waals surface area (Å²) in [6.45, 7) is 3.46. The molecule has 7 rings (SSSR count). The van der Waals surface area contributed by atoms with Crippen molar-refractivity contribution in [2.45, 2.75) is 49.6 Å². The first kappa shape index (κ1) is 28.4. The predicted octanol–water partition coefficient (Wildman–Crippen LogP) is 1.59. The number of halogens is 1. The number of imidazole rings is 1. The molecule has 2 atom stereocenters. The number of likely N-dealkylation sites (tertiary alicyclic amines) is 1. The van der Waals surface area contributed by atoms with E-state index in [1.807, 2.05) is 4.90 Å². The molecule has 1 aliphatic carbocycles. The second kappa shape index (κ2) is 11.6. The summed E-state index contributed by atoms with van der Waals surface area (Å²) in [6, 6.07) is 7.69. The second-order valence-corrected chi connectivity index (χ2v) is 11.9. The van der Waals surface area contributed by atoms with E-state index in [1.54, 1.807) is 12.1 Å². The SMILES string of the molecule is N#Cc1cc(Nc2nc(NC3CC3)c3ncc(C#N)n3n2)c(Cl)c(N2CC[C@@H](NC(=O)OC3CN(C4COC4)C3)[C@@H](O)C2)c1. The highest BCUT2D eigenvalue weighted by molar-refractivity contribution is 6.36. The van der Waals surface area contributed by atoms with Crippen molar-refractivity contribution in [3.05, 3.63) is 34.6 Å². The largest absolute Gasteiger partial charge is 0.444 e. The third-order valence-corrected chi connectivity index (χ3v) is 8.73. The summed E-state index contributed by atoms with van der Waals surface area (Å²) in [5, 5.41) is 44.2. The molecule has 4 aliphatic rings. The van der Waals surface area contributed by atoms with Crippen LogP contribution < -0.4 is 20.9 Å². The molecule has 4 N–H and O–H groups in total. The Hall–Kier alpha value is -4.41. The first-order valence-corrected chi connectivity index (χ1v) is 14.9. The van der Waals surface area contributed by atoms with Gasteiger partial charge in [0.1, 0.15) is 12.2 Å². The van der Waals surface area contributed by atoms with Crippen molar-refractivity contribution in [3.8, 4) is 12.1 Å². The molecule has 16 heteroatoms. The molecule has 3 aliphatic heterocycles. The topological polar surface area (TPSA) is 189 Å². The molecule has 4 fully saturated rings. The smallest absolute Gasteiger partial charge is 0.407 e.